The third-order valence-corrected chi connectivity index (χ3v) is 4.64. The molecule has 2 rings (SSSR count). The maximum atomic E-state index is 12.2. The van der Waals surface area contributed by atoms with Crippen molar-refractivity contribution in [2.75, 3.05) is 5.32 Å². The minimum Gasteiger partial charge on any atom is -0.449 e. The number of hydrogen-bond acceptors (Lipinski definition) is 6. The summed E-state index contributed by atoms with van der Waals surface area (Å²) in [7, 11) is -4.04. The van der Waals surface area contributed by atoms with Crippen LogP contribution in [0.2, 0.25) is 5.02 Å². The molecule has 0 saturated heterocycles. The van der Waals surface area contributed by atoms with E-state index in [-0.39, 0.29) is 15.5 Å². The molecule has 0 aliphatic heterocycles. The van der Waals surface area contributed by atoms with E-state index in [2.05, 4.69) is 5.32 Å². The molecule has 2 aromatic rings. The second kappa shape index (κ2) is 8.18. The number of carbonyl (C=O) groups is 2. The largest absolute Gasteiger partial charge is 0.449 e. The molecule has 0 aliphatic rings. The molecule has 27 heavy (non-hydrogen) atoms. The Morgan fingerprint density at radius 1 is 1.26 bits per heavy atom. The fraction of sp³-hybridized carbons (Fsp3) is 0.118. The molecule has 10 heteroatoms. The first-order valence-corrected chi connectivity index (χ1v) is 9.38. The fourth-order valence-electron chi connectivity index (χ4n) is 2.03. The van der Waals surface area contributed by atoms with Crippen LogP contribution in [0, 0.1) is 11.3 Å². The maximum absolute atomic E-state index is 12.2. The number of nitrogens with two attached hydrogens (primary N) is 1. The van der Waals surface area contributed by atoms with Gasteiger partial charge in [-0.05, 0) is 43.3 Å². The molecule has 0 radical (unpaired) electrons. The first kappa shape index (κ1) is 20.4. The van der Waals surface area contributed by atoms with Crippen molar-refractivity contribution in [2.24, 2.45) is 5.14 Å². The second-order valence-electron chi connectivity index (χ2n) is 5.42. The summed E-state index contributed by atoms with van der Waals surface area (Å²) >= 11 is 5.90. The van der Waals surface area contributed by atoms with Gasteiger partial charge in [-0.2, -0.15) is 5.26 Å². The van der Waals surface area contributed by atoms with Gasteiger partial charge in [0.15, 0.2) is 6.10 Å². The van der Waals surface area contributed by atoms with Crippen LogP contribution in [0.4, 0.5) is 5.69 Å². The topological polar surface area (TPSA) is 139 Å². The molecule has 1 amide bonds. The monoisotopic (exact) mass is 407 g/mol. The second-order valence-corrected chi connectivity index (χ2v) is 7.38. The number of sulfonamides is 1. The molecule has 0 aliphatic carbocycles. The molecule has 3 N–H and O–H groups in total. The molecule has 1 unspecified atom stereocenters. The van der Waals surface area contributed by atoms with Crippen molar-refractivity contribution in [3.63, 3.8) is 0 Å². The van der Waals surface area contributed by atoms with Crippen LogP contribution in [0.1, 0.15) is 22.8 Å². The number of benzene rings is 2. The number of nitrogens with zero attached hydrogens (tertiary/aromatic N) is 1. The predicted molar refractivity (Wildman–Crippen MR) is 97.5 cm³/mol. The van der Waals surface area contributed by atoms with Gasteiger partial charge in [-0.3, -0.25) is 4.79 Å². The van der Waals surface area contributed by atoms with Gasteiger partial charge in [-0.15, -0.1) is 0 Å². The van der Waals surface area contributed by atoms with Crippen LogP contribution in [0.5, 0.6) is 0 Å². The molecule has 1 atom stereocenters. The molecule has 140 valence electrons. The SMILES string of the molecule is CC(OC(=O)c1cc(S(N)(=O)=O)ccc1Cl)C(=O)Nc1cccc(C#N)c1. The Balaban J connectivity index is 2.13. The number of ether oxygens (including phenoxy) is 1. The molecule has 0 heterocycles. The lowest BCUT2D eigenvalue weighted by Gasteiger charge is -2.14. The maximum Gasteiger partial charge on any atom is 0.340 e. The number of rotatable bonds is 5. The van der Waals surface area contributed by atoms with Crippen LogP contribution in [-0.4, -0.2) is 26.4 Å². The van der Waals surface area contributed by atoms with E-state index in [1.807, 2.05) is 6.07 Å². The number of nitriles is 1. The Labute approximate surface area is 160 Å². The summed E-state index contributed by atoms with van der Waals surface area (Å²) in [5.74, 6) is -1.63. The van der Waals surface area contributed by atoms with Crippen LogP contribution in [0.25, 0.3) is 0 Å². The summed E-state index contributed by atoms with van der Waals surface area (Å²) in [5, 5.41) is 16.3. The molecule has 2 aromatic carbocycles. The van der Waals surface area contributed by atoms with Gasteiger partial charge < -0.3 is 10.1 Å². The Bertz CT molecular complexity index is 1050. The van der Waals surface area contributed by atoms with Gasteiger partial charge in [0.1, 0.15) is 0 Å². The van der Waals surface area contributed by atoms with E-state index in [1.54, 1.807) is 18.2 Å². The molecule has 0 aromatic heterocycles. The number of esters is 1. The van der Waals surface area contributed by atoms with E-state index >= 15 is 0 Å². The third kappa shape index (κ3) is 5.27. The van der Waals surface area contributed by atoms with Crippen molar-refractivity contribution in [1.82, 2.24) is 0 Å². The molecule has 0 spiro atoms. The van der Waals surface area contributed by atoms with E-state index in [4.69, 9.17) is 26.7 Å². The van der Waals surface area contributed by atoms with Crippen LogP contribution < -0.4 is 10.5 Å². The summed E-state index contributed by atoms with van der Waals surface area (Å²) in [6, 6.07) is 11.4. The summed E-state index contributed by atoms with van der Waals surface area (Å²) < 4.78 is 27.8. The first-order valence-electron chi connectivity index (χ1n) is 7.46. The number of halogens is 1. The Morgan fingerprint density at radius 2 is 1.96 bits per heavy atom. The molecule has 0 bridgehead atoms. The molecule has 8 nitrogen and oxygen atoms in total. The zero-order valence-corrected chi connectivity index (χ0v) is 15.5. The summed E-state index contributed by atoms with van der Waals surface area (Å²) in [6.07, 6.45) is -1.21. The zero-order chi connectivity index (χ0) is 20.2. The lowest BCUT2D eigenvalue weighted by molar-refractivity contribution is -0.123. The Morgan fingerprint density at radius 3 is 2.59 bits per heavy atom. The predicted octanol–water partition coefficient (Wildman–Crippen LogP) is 2.04. The quantitative estimate of drug-likeness (QED) is 0.727. The molecular formula is C17H14ClN3O5S. The summed E-state index contributed by atoms with van der Waals surface area (Å²) in [5.41, 5.74) is 0.467. The van der Waals surface area contributed by atoms with Crippen LogP contribution in [-0.2, 0) is 19.6 Å². The van der Waals surface area contributed by atoms with Crippen molar-refractivity contribution in [3.05, 3.63) is 58.6 Å². The lowest BCUT2D eigenvalue weighted by atomic mass is 10.2. The minimum absolute atomic E-state index is 0.0540. The van der Waals surface area contributed by atoms with Gasteiger partial charge in [-0.25, -0.2) is 18.4 Å². The average molecular weight is 408 g/mol. The van der Waals surface area contributed by atoms with Crippen molar-refractivity contribution >= 4 is 39.2 Å². The van der Waals surface area contributed by atoms with Gasteiger partial charge in [0.05, 0.1) is 27.1 Å². The van der Waals surface area contributed by atoms with Gasteiger partial charge >= 0.3 is 5.97 Å². The number of amides is 1. The number of nitrogens with one attached hydrogen (secondary N) is 1. The van der Waals surface area contributed by atoms with E-state index in [1.165, 1.54) is 19.1 Å². The highest BCUT2D eigenvalue weighted by atomic mass is 35.5. The van der Waals surface area contributed by atoms with E-state index < -0.39 is 28.0 Å². The van der Waals surface area contributed by atoms with E-state index in [0.29, 0.717) is 11.3 Å². The Kier molecular flexibility index (Phi) is 6.17. The molecule has 0 saturated carbocycles. The van der Waals surface area contributed by atoms with E-state index in [0.717, 1.165) is 12.1 Å². The number of primary sulfonamides is 1. The van der Waals surface area contributed by atoms with Crippen molar-refractivity contribution in [3.8, 4) is 6.07 Å². The van der Waals surface area contributed by atoms with E-state index in [9.17, 15) is 18.0 Å². The number of anilines is 1. The average Bonchev–Trinajstić information content (AvgIpc) is 2.61. The number of hydrogen-bond donors (Lipinski definition) is 2. The smallest absolute Gasteiger partial charge is 0.340 e. The lowest BCUT2D eigenvalue weighted by Crippen LogP contribution is -2.30. The highest BCUT2D eigenvalue weighted by molar-refractivity contribution is 7.89. The highest BCUT2D eigenvalue weighted by Gasteiger charge is 2.22. The van der Waals surface area contributed by atoms with Crippen LogP contribution in [0.15, 0.2) is 47.4 Å². The minimum atomic E-state index is -4.04. The fourth-order valence-corrected chi connectivity index (χ4v) is 2.76. The molecular weight excluding hydrogens is 394 g/mol. The molecule has 0 fully saturated rings. The normalized spacial score (nSPS) is 11.9. The van der Waals surface area contributed by atoms with Gasteiger partial charge in [0, 0.05) is 5.69 Å². The van der Waals surface area contributed by atoms with Gasteiger partial charge in [-0.1, -0.05) is 17.7 Å². The zero-order valence-electron chi connectivity index (χ0n) is 14.0. The Hall–Kier alpha value is -2.93. The number of carbonyl (C=O) groups excluding carboxylic acids is 2. The summed E-state index contributed by atoms with van der Waals surface area (Å²) in [4.78, 5) is 24.1. The van der Waals surface area contributed by atoms with Gasteiger partial charge in [0.2, 0.25) is 10.0 Å². The van der Waals surface area contributed by atoms with Crippen LogP contribution >= 0.6 is 11.6 Å². The first-order chi connectivity index (χ1) is 12.6. The van der Waals surface area contributed by atoms with Crippen LogP contribution in [0.3, 0.4) is 0 Å². The van der Waals surface area contributed by atoms with Gasteiger partial charge in [0.25, 0.3) is 5.91 Å². The van der Waals surface area contributed by atoms with Crippen molar-refractivity contribution in [2.45, 2.75) is 17.9 Å². The third-order valence-electron chi connectivity index (χ3n) is 3.40. The highest BCUT2D eigenvalue weighted by Crippen LogP contribution is 2.21. The van der Waals surface area contributed by atoms with Crippen molar-refractivity contribution < 1.29 is 22.7 Å². The van der Waals surface area contributed by atoms with Crippen molar-refractivity contribution in [1.29, 1.82) is 5.26 Å². The standard InChI is InChI=1S/C17H14ClN3O5S/c1-10(16(22)21-12-4-2-3-11(7-12)9-19)26-17(23)14-8-13(27(20,24)25)5-6-15(14)18/h2-8,10H,1H3,(H,21,22)(H2,20,24,25). The summed E-state index contributed by atoms with van der Waals surface area (Å²) in [6.45, 7) is 1.33.